The Kier molecular flexibility index (Phi) is 4.73. The van der Waals surface area contributed by atoms with Crippen molar-refractivity contribution in [2.24, 2.45) is 0 Å². The minimum absolute atomic E-state index is 0.234. The fourth-order valence-electron chi connectivity index (χ4n) is 3.32. The number of nitrogens with zero attached hydrogens (tertiary/aromatic N) is 2. The second-order valence-electron chi connectivity index (χ2n) is 6.85. The number of aromatic nitrogens is 2. The Hall–Kier alpha value is -2.99. The van der Waals surface area contributed by atoms with Crippen LogP contribution in [0.2, 0.25) is 0 Å². The molecule has 2 aromatic carbocycles. The maximum absolute atomic E-state index is 13.2. The highest BCUT2D eigenvalue weighted by atomic mass is 32.1. The second-order valence-corrected chi connectivity index (χ2v) is 7.91. The van der Waals surface area contributed by atoms with E-state index in [0.29, 0.717) is 11.1 Å². The molecule has 142 valence electrons. The average molecular weight is 391 g/mol. The second kappa shape index (κ2) is 7.20. The molecule has 4 rings (SSSR count). The number of amides is 1. The monoisotopic (exact) mass is 391 g/mol. The molecule has 0 aliphatic carbocycles. The van der Waals surface area contributed by atoms with Crippen molar-refractivity contribution in [1.82, 2.24) is 9.78 Å². The van der Waals surface area contributed by atoms with Crippen molar-refractivity contribution in [3.05, 3.63) is 70.1 Å². The predicted octanol–water partition coefficient (Wildman–Crippen LogP) is 4.68. The number of hydrogen-bond donors (Lipinski definition) is 1. The van der Waals surface area contributed by atoms with E-state index < -0.39 is 6.04 Å². The Morgan fingerprint density at radius 3 is 2.61 bits per heavy atom. The lowest BCUT2D eigenvalue weighted by Gasteiger charge is -2.15. The predicted molar refractivity (Wildman–Crippen MR) is 115 cm³/mol. The molecule has 0 saturated carbocycles. The average Bonchev–Trinajstić information content (AvgIpc) is 3.11. The summed E-state index contributed by atoms with van der Waals surface area (Å²) in [6.45, 7) is 5.66. The molecule has 5 nitrogen and oxygen atoms in total. The number of hydrogen-bond acceptors (Lipinski definition) is 4. The molecule has 0 radical (unpaired) electrons. The molecule has 1 amide bonds. The van der Waals surface area contributed by atoms with Crippen LogP contribution in [0.25, 0.3) is 20.2 Å². The molecule has 2 aromatic heterocycles. The first-order chi connectivity index (χ1) is 13.5. The van der Waals surface area contributed by atoms with E-state index >= 15 is 0 Å². The molecular weight excluding hydrogens is 370 g/mol. The Bertz CT molecular complexity index is 1240. The van der Waals surface area contributed by atoms with Gasteiger partial charge >= 0.3 is 0 Å². The molecule has 0 bridgehead atoms. The summed E-state index contributed by atoms with van der Waals surface area (Å²) in [5, 5.41) is 8.87. The molecule has 0 spiro atoms. The SMILES string of the molecule is CCc1ccc(NC(=O)C(C)n2nc(C)c3sc4ccccc4c3c2=O)cc1. The van der Waals surface area contributed by atoms with Gasteiger partial charge in [0.1, 0.15) is 6.04 Å². The van der Waals surface area contributed by atoms with Crippen LogP contribution in [0, 0.1) is 6.92 Å². The van der Waals surface area contributed by atoms with Crippen LogP contribution in [0.5, 0.6) is 0 Å². The van der Waals surface area contributed by atoms with Gasteiger partial charge < -0.3 is 5.32 Å². The topological polar surface area (TPSA) is 64.0 Å². The van der Waals surface area contributed by atoms with E-state index in [1.165, 1.54) is 10.2 Å². The van der Waals surface area contributed by atoms with Gasteiger partial charge in [0.15, 0.2) is 0 Å². The Morgan fingerprint density at radius 1 is 1.18 bits per heavy atom. The minimum Gasteiger partial charge on any atom is -0.324 e. The van der Waals surface area contributed by atoms with Crippen LogP contribution < -0.4 is 10.9 Å². The fraction of sp³-hybridized carbons (Fsp3) is 0.227. The maximum Gasteiger partial charge on any atom is 0.276 e. The Labute approximate surface area is 166 Å². The van der Waals surface area contributed by atoms with E-state index in [1.54, 1.807) is 18.3 Å². The summed E-state index contributed by atoms with van der Waals surface area (Å²) < 4.78 is 3.22. The number of aryl methyl sites for hydroxylation is 2. The van der Waals surface area contributed by atoms with Gasteiger partial charge in [-0.2, -0.15) is 5.10 Å². The number of anilines is 1. The van der Waals surface area contributed by atoms with E-state index in [2.05, 4.69) is 17.3 Å². The largest absolute Gasteiger partial charge is 0.324 e. The summed E-state index contributed by atoms with van der Waals surface area (Å²) in [6.07, 6.45) is 0.942. The Morgan fingerprint density at radius 2 is 1.89 bits per heavy atom. The van der Waals surface area contributed by atoms with E-state index in [-0.39, 0.29) is 11.5 Å². The molecule has 2 heterocycles. The van der Waals surface area contributed by atoms with Crippen LogP contribution in [-0.2, 0) is 11.2 Å². The molecule has 0 saturated heterocycles. The number of nitrogens with one attached hydrogen (secondary N) is 1. The van der Waals surface area contributed by atoms with Crippen LogP contribution in [-0.4, -0.2) is 15.7 Å². The summed E-state index contributed by atoms with van der Waals surface area (Å²) in [4.78, 5) is 25.9. The van der Waals surface area contributed by atoms with Crippen molar-refractivity contribution in [3.63, 3.8) is 0 Å². The van der Waals surface area contributed by atoms with Crippen molar-refractivity contribution >= 4 is 43.1 Å². The first-order valence-corrected chi connectivity index (χ1v) is 10.1. The lowest BCUT2D eigenvalue weighted by atomic mass is 10.1. The van der Waals surface area contributed by atoms with Gasteiger partial charge in [0.2, 0.25) is 5.91 Å². The molecule has 4 aromatic rings. The van der Waals surface area contributed by atoms with Crippen LogP contribution in [0.1, 0.15) is 31.1 Å². The van der Waals surface area contributed by atoms with Crippen molar-refractivity contribution in [2.45, 2.75) is 33.2 Å². The molecule has 1 unspecified atom stereocenters. The number of fused-ring (bicyclic) bond motifs is 3. The highest BCUT2D eigenvalue weighted by Crippen LogP contribution is 2.32. The van der Waals surface area contributed by atoms with E-state index in [1.807, 2.05) is 55.5 Å². The van der Waals surface area contributed by atoms with Crippen molar-refractivity contribution in [1.29, 1.82) is 0 Å². The first kappa shape index (κ1) is 18.4. The highest BCUT2D eigenvalue weighted by molar-refractivity contribution is 7.26. The summed E-state index contributed by atoms with van der Waals surface area (Å²) in [5.74, 6) is -0.267. The number of benzene rings is 2. The summed E-state index contributed by atoms with van der Waals surface area (Å²) in [7, 11) is 0. The number of carbonyl (C=O) groups excluding carboxylic acids is 1. The molecule has 0 aliphatic rings. The third kappa shape index (κ3) is 3.10. The third-order valence-electron chi connectivity index (χ3n) is 4.98. The molecule has 28 heavy (non-hydrogen) atoms. The van der Waals surface area contributed by atoms with Gasteiger partial charge in [-0.3, -0.25) is 9.59 Å². The van der Waals surface area contributed by atoms with Crippen molar-refractivity contribution in [2.75, 3.05) is 5.32 Å². The van der Waals surface area contributed by atoms with Crippen LogP contribution in [0.15, 0.2) is 53.3 Å². The van der Waals surface area contributed by atoms with Gasteiger partial charge in [-0.25, -0.2) is 4.68 Å². The van der Waals surface area contributed by atoms with Gasteiger partial charge in [-0.05, 0) is 44.0 Å². The summed E-state index contributed by atoms with van der Waals surface area (Å²) in [6, 6.07) is 14.8. The van der Waals surface area contributed by atoms with Gasteiger partial charge in [0.25, 0.3) is 5.56 Å². The number of carbonyl (C=O) groups is 1. The van der Waals surface area contributed by atoms with E-state index in [9.17, 15) is 9.59 Å². The van der Waals surface area contributed by atoms with Crippen molar-refractivity contribution in [3.8, 4) is 0 Å². The van der Waals surface area contributed by atoms with Gasteiger partial charge in [0.05, 0.1) is 15.8 Å². The highest BCUT2D eigenvalue weighted by Gasteiger charge is 2.22. The van der Waals surface area contributed by atoms with Gasteiger partial charge in [-0.15, -0.1) is 11.3 Å². The van der Waals surface area contributed by atoms with Crippen molar-refractivity contribution < 1.29 is 4.79 Å². The molecule has 0 fully saturated rings. The molecule has 0 aliphatic heterocycles. The molecule has 1 atom stereocenters. The lowest BCUT2D eigenvalue weighted by Crippen LogP contribution is -2.33. The normalized spacial score (nSPS) is 12.4. The third-order valence-corrected chi connectivity index (χ3v) is 6.26. The number of rotatable bonds is 4. The maximum atomic E-state index is 13.2. The van der Waals surface area contributed by atoms with Crippen LogP contribution >= 0.6 is 11.3 Å². The fourth-order valence-corrected chi connectivity index (χ4v) is 4.46. The molecular formula is C22H21N3O2S. The summed E-state index contributed by atoms with van der Waals surface area (Å²) in [5.41, 5.74) is 2.43. The molecule has 6 heteroatoms. The van der Waals surface area contributed by atoms with Crippen LogP contribution in [0.3, 0.4) is 0 Å². The molecule has 1 N–H and O–H groups in total. The lowest BCUT2D eigenvalue weighted by molar-refractivity contribution is -0.119. The van der Waals surface area contributed by atoms with Gasteiger partial charge in [0, 0.05) is 15.8 Å². The van der Waals surface area contributed by atoms with Gasteiger partial charge in [-0.1, -0.05) is 37.3 Å². The standard InChI is InChI=1S/C22H21N3O2S/c1-4-15-9-11-16(12-10-15)23-21(26)14(3)25-22(27)19-17-7-5-6-8-18(17)28-20(19)13(2)24-25/h5-12,14H,4H2,1-3H3,(H,23,26). The number of thiophene rings is 1. The van der Waals surface area contributed by atoms with E-state index in [4.69, 9.17) is 0 Å². The Balaban J connectivity index is 1.73. The van der Waals surface area contributed by atoms with Crippen LogP contribution in [0.4, 0.5) is 5.69 Å². The van der Waals surface area contributed by atoms with E-state index in [0.717, 1.165) is 26.9 Å². The zero-order valence-corrected chi connectivity index (χ0v) is 16.8. The summed E-state index contributed by atoms with van der Waals surface area (Å²) >= 11 is 1.56. The first-order valence-electron chi connectivity index (χ1n) is 9.30. The smallest absolute Gasteiger partial charge is 0.276 e. The quantitative estimate of drug-likeness (QED) is 0.549. The zero-order chi connectivity index (χ0) is 19.8. The zero-order valence-electron chi connectivity index (χ0n) is 16.0. The minimum atomic E-state index is -0.722.